The van der Waals surface area contributed by atoms with Crippen molar-refractivity contribution in [3.05, 3.63) is 102 Å². The van der Waals surface area contributed by atoms with Gasteiger partial charge in [-0.3, -0.25) is 9.59 Å². The lowest BCUT2D eigenvalue weighted by Crippen LogP contribution is -2.32. The predicted octanol–water partition coefficient (Wildman–Crippen LogP) is 4.27. The van der Waals surface area contributed by atoms with Crippen molar-refractivity contribution in [2.75, 3.05) is 11.9 Å². The average Bonchev–Trinajstić information content (AvgIpc) is 2.70. The second-order valence-electron chi connectivity index (χ2n) is 6.71. The molecule has 0 saturated carbocycles. The molecule has 3 aromatic carbocycles. The normalized spacial score (nSPS) is 10.5. The van der Waals surface area contributed by atoms with Gasteiger partial charge in [-0.15, -0.1) is 0 Å². The SMILES string of the molecule is Cc1cccc(NC(=O)CCNC(=O)C(c2ccccc2)c2ccccc2)c1. The van der Waals surface area contributed by atoms with Crippen molar-refractivity contribution >= 4 is 17.5 Å². The fourth-order valence-electron chi connectivity index (χ4n) is 3.13. The van der Waals surface area contributed by atoms with E-state index in [1.165, 1.54) is 0 Å². The van der Waals surface area contributed by atoms with Crippen molar-refractivity contribution < 1.29 is 9.59 Å². The van der Waals surface area contributed by atoms with Crippen LogP contribution in [0.15, 0.2) is 84.9 Å². The maximum Gasteiger partial charge on any atom is 0.232 e. The zero-order chi connectivity index (χ0) is 19.8. The molecular formula is C24H24N2O2. The minimum Gasteiger partial charge on any atom is -0.355 e. The molecule has 28 heavy (non-hydrogen) atoms. The van der Waals surface area contributed by atoms with E-state index in [9.17, 15) is 9.59 Å². The molecule has 4 nitrogen and oxygen atoms in total. The highest BCUT2D eigenvalue weighted by atomic mass is 16.2. The molecule has 0 heterocycles. The van der Waals surface area contributed by atoms with Gasteiger partial charge >= 0.3 is 0 Å². The molecule has 4 heteroatoms. The molecule has 0 aliphatic carbocycles. The molecule has 142 valence electrons. The minimum atomic E-state index is -0.401. The van der Waals surface area contributed by atoms with Crippen molar-refractivity contribution in [1.29, 1.82) is 0 Å². The largest absolute Gasteiger partial charge is 0.355 e. The van der Waals surface area contributed by atoms with Gasteiger partial charge in [0.05, 0.1) is 5.92 Å². The van der Waals surface area contributed by atoms with Crippen molar-refractivity contribution in [2.45, 2.75) is 19.3 Å². The Morgan fingerprint density at radius 2 is 1.43 bits per heavy atom. The summed E-state index contributed by atoms with van der Waals surface area (Å²) in [5.41, 5.74) is 3.70. The minimum absolute atomic E-state index is 0.110. The summed E-state index contributed by atoms with van der Waals surface area (Å²) in [7, 11) is 0. The summed E-state index contributed by atoms with van der Waals surface area (Å²) < 4.78 is 0. The maximum atomic E-state index is 12.9. The monoisotopic (exact) mass is 372 g/mol. The summed E-state index contributed by atoms with van der Waals surface area (Å²) in [6, 6.07) is 27.0. The van der Waals surface area contributed by atoms with Crippen LogP contribution in [0.4, 0.5) is 5.69 Å². The van der Waals surface area contributed by atoms with Crippen LogP contribution >= 0.6 is 0 Å². The van der Waals surface area contributed by atoms with Gasteiger partial charge in [0, 0.05) is 18.7 Å². The summed E-state index contributed by atoms with van der Waals surface area (Å²) in [4.78, 5) is 25.0. The van der Waals surface area contributed by atoms with E-state index >= 15 is 0 Å². The van der Waals surface area contributed by atoms with Crippen LogP contribution in [0.5, 0.6) is 0 Å². The maximum absolute atomic E-state index is 12.9. The zero-order valence-electron chi connectivity index (χ0n) is 15.9. The Bertz CT molecular complexity index is 884. The topological polar surface area (TPSA) is 58.2 Å². The van der Waals surface area contributed by atoms with E-state index in [1.807, 2.05) is 91.9 Å². The molecule has 0 saturated heterocycles. The number of aryl methyl sites for hydroxylation is 1. The Labute approximate surface area is 165 Å². The Kier molecular flexibility index (Phi) is 6.58. The third-order valence-electron chi connectivity index (χ3n) is 4.48. The summed E-state index contributed by atoms with van der Waals surface area (Å²) >= 11 is 0. The highest BCUT2D eigenvalue weighted by Gasteiger charge is 2.22. The number of anilines is 1. The van der Waals surface area contributed by atoms with E-state index in [0.29, 0.717) is 0 Å². The number of hydrogen-bond acceptors (Lipinski definition) is 2. The van der Waals surface area contributed by atoms with Crippen LogP contribution in [-0.2, 0) is 9.59 Å². The molecule has 0 aliphatic rings. The molecule has 0 aliphatic heterocycles. The highest BCUT2D eigenvalue weighted by Crippen LogP contribution is 2.24. The van der Waals surface area contributed by atoms with Crippen LogP contribution in [0, 0.1) is 6.92 Å². The van der Waals surface area contributed by atoms with E-state index in [0.717, 1.165) is 22.4 Å². The first kappa shape index (κ1) is 19.4. The van der Waals surface area contributed by atoms with E-state index in [4.69, 9.17) is 0 Å². The first-order valence-corrected chi connectivity index (χ1v) is 9.37. The molecule has 0 aromatic heterocycles. The molecular weight excluding hydrogens is 348 g/mol. The molecule has 2 amide bonds. The molecule has 3 rings (SSSR count). The lowest BCUT2D eigenvalue weighted by Gasteiger charge is -2.18. The van der Waals surface area contributed by atoms with Crippen LogP contribution in [-0.4, -0.2) is 18.4 Å². The number of nitrogens with one attached hydrogen (secondary N) is 2. The summed E-state index contributed by atoms with van der Waals surface area (Å²) in [6.07, 6.45) is 0.218. The van der Waals surface area contributed by atoms with Crippen LogP contribution in [0.3, 0.4) is 0 Å². The van der Waals surface area contributed by atoms with Crippen molar-refractivity contribution in [3.63, 3.8) is 0 Å². The lowest BCUT2D eigenvalue weighted by atomic mass is 9.90. The van der Waals surface area contributed by atoms with Crippen LogP contribution < -0.4 is 10.6 Å². The lowest BCUT2D eigenvalue weighted by molar-refractivity contribution is -0.121. The number of benzene rings is 3. The Morgan fingerprint density at radius 3 is 2.00 bits per heavy atom. The molecule has 0 radical (unpaired) electrons. The third-order valence-corrected chi connectivity index (χ3v) is 4.48. The predicted molar refractivity (Wildman–Crippen MR) is 112 cm³/mol. The standard InChI is InChI=1S/C24H24N2O2/c1-18-9-8-14-21(17-18)26-22(27)15-16-25-24(28)23(19-10-4-2-5-11-19)20-12-6-3-7-13-20/h2-14,17,23H,15-16H2,1H3,(H,25,28)(H,26,27). The van der Waals surface area contributed by atoms with Gasteiger partial charge in [0.1, 0.15) is 0 Å². The fourth-order valence-corrected chi connectivity index (χ4v) is 3.13. The number of carbonyl (C=O) groups excluding carboxylic acids is 2. The Hall–Kier alpha value is -3.40. The van der Waals surface area contributed by atoms with E-state index in [2.05, 4.69) is 10.6 Å². The zero-order valence-corrected chi connectivity index (χ0v) is 15.9. The van der Waals surface area contributed by atoms with Crippen molar-refractivity contribution in [2.24, 2.45) is 0 Å². The summed E-state index contributed by atoms with van der Waals surface area (Å²) in [5.74, 6) is -0.634. The average molecular weight is 372 g/mol. The van der Waals surface area contributed by atoms with Crippen LogP contribution in [0.25, 0.3) is 0 Å². The van der Waals surface area contributed by atoms with Gasteiger partial charge in [0.2, 0.25) is 11.8 Å². The van der Waals surface area contributed by atoms with Crippen LogP contribution in [0.2, 0.25) is 0 Å². The van der Waals surface area contributed by atoms with Crippen molar-refractivity contribution in [1.82, 2.24) is 5.32 Å². The van der Waals surface area contributed by atoms with E-state index in [-0.39, 0.29) is 24.8 Å². The fraction of sp³-hybridized carbons (Fsp3) is 0.167. The number of carbonyl (C=O) groups is 2. The Balaban J connectivity index is 1.60. The highest BCUT2D eigenvalue weighted by molar-refractivity contribution is 5.92. The van der Waals surface area contributed by atoms with Gasteiger partial charge in [0.15, 0.2) is 0 Å². The molecule has 0 atom stereocenters. The Morgan fingerprint density at radius 1 is 0.821 bits per heavy atom. The summed E-state index contributed by atoms with van der Waals surface area (Å²) in [5, 5.41) is 5.77. The first-order chi connectivity index (χ1) is 13.6. The molecule has 0 fully saturated rings. The smallest absolute Gasteiger partial charge is 0.232 e. The van der Waals surface area contributed by atoms with Crippen LogP contribution in [0.1, 0.15) is 29.0 Å². The molecule has 0 spiro atoms. The quantitative estimate of drug-likeness (QED) is 0.651. The second-order valence-corrected chi connectivity index (χ2v) is 6.71. The second kappa shape index (κ2) is 9.51. The van der Waals surface area contributed by atoms with E-state index in [1.54, 1.807) is 0 Å². The van der Waals surface area contributed by atoms with Gasteiger partial charge < -0.3 is 10.6 Å². The number of rotatable bonds is 7. The van der Waals surface area contributed by atoms with Gasteiger partial charge in [0.25, 0.3) is 0 Å². The number of hydrogen-bond donors (Lipinski definition) is 2. The van der Waals surface area contributed by atoms with Gasteiger partial charge in [-0.25, -0.2) is 0 Å². The van der Waals surface area contributed by atoms with E-state index < -0.39 is 5.92 Å². The van der Waals surface area contributed by atoms with Crippen molar-refractivity contribution in [3.8, 4) is 0 Å². The first-order valence-electron chi connectivity index (χ1n) is 9.37. The number of amides is 2. The van der Waals surface area contributed by atoms with Gasteiger partial charge in [-0.1, -0.05) is 72.8 Å². The molecule has 2 N–H and O–H groups in total. The molecule has 0 unspecified atom stereocenters. The van der Waals surface area contributed by atoms with Gasteiger partial charge in [-0.2, -0.15) is 0 Å². The molecule has 3 aromatic rings. The third kappa shape index (κ3) is 5.30. The van der Waals surface area contributed by atoms with Gasteiger partial charge in [-0.05, 0) is 35.7 Å². The summed E-state index contributed by atoms with van der Waals surface area (Å²) in [6.45, 7) is 2.26. The molecule has 0 bridgehead atoms.